The highest BCUT2D eigenvalue weighted by Gasteiger charge is 2.18. The molecule has 2 heteroatoms. The number of imidazole rings is 1. The number of hydrogen-bond donors (Lipinski definition) is 0. The van der Waals surface area contributed by atoms with Crippen molar-refractivity contribution in [2.24, 2.45) is 0 Å². The first-order chi connectivity index (χ1) is 22.7. The minimum absolute atomic E-state index is 0.982. The second-order valence-corrected chi connectivity index (χ2v) is 12.0. The van der Waals surface area contributed by atoms with Crippen LogP contribution in [0.25, 0.3) is 82.4 Å². The molecular weight excluding hydrogens is 556 g/mol. The molecule has 1 heterocycles. The van der Waals surface area contributed by atoms with Crippen LogP contribution < -0.4 is 0 Å². The second kappa shape index (κ2) is 10.6. The van der Waals surface area contributed by atoms with Crippen molar-refractivity contribution in [2.45, 2.75) is 6.92 Å². The maximum absolute atomic E-state index is 5.01. The Morgan fingerprint density at radius 3 is 1.61 bits per heavy atom. The summed E-state index contributed by atoms with van der Waals surface area (Å²) < 4.78 is 2.24. The molecular formula is C44H30N2. The van der Waals surface area contributed by atoms with E-state index in [0.29, 0.717) is 0 Å². The van der Waals surface area contributed by atoms with E-state index in [1.54, 1.807) is 0 Å². The summed E-state index contributed by atoms with van der Waals surface area (Å²) in [6.45, 7) is 2.08. The zero-order valence-electron chi connectivity index (χ0n) is 25.5. The summed E-state index contributed by atoms with van der Waals surface area (Å²) in [6, 6.07) is 59.2. The van der Waals surface area contributed by atoms with E-state index >= 15 is 0 Å². The number of aryl methyl sites for hydroxylation is 1. The average molecular weight is 587 g/mol. The molecule has 0 saturated carbocycles. The SMILES string of the molecule is Cc1nc2cc(-c3c4ccccc4c(-c4ccc(-c5ccc6ccccc6c5)cc4)c4ccccc34)ccc2n1-c1ccccc1. The molecule has 0 N–H and O–H groups in total. The molecule has 216 valence electrons. The van der Waals surface area contributed by atoms with Gasteiger partial charge in [-0.05, 0) is 103 Å². The Bertz CT molecular complexity index is 2520. The van der Waals surface area contributed by atoms with Gasteiger partial charge < -0.3 is 0 Å². The molecule has 0 amide bonds. The lowest BCUT2D eigenvalue weighted by molar-refractivity contribution is 1.00. The van der Waals surface area contributed by atoms with Gasteiger partial charge in [0.25, 0.3) is 0 Å². The fourth-order valence-electron chi connectivity index (χ4n) is 7.21. The molecule has 9 rings (SSSR count). The predicted molar refractivity (Wildman–Crippen MR) is 195 cm³/mol. The topological polar surface area (TPSA) is 17.8 Å². The van der Waals surface area contributed by atoms with Gasteiger partial charge >= 0.3 is 0 Å². The number of para-hydroxylation sites is 1. The number of nitrogens with zero attached hydrogens (tertiary/aromatic N) is 2. The monoisotopic (exact) mass is 586 g/mol. The Morgan fingerprint density at radius 2 is 0.935 bits per heavy atom. The highest BCUT2D eigenvalue weighted by atomic mass is 15.1. The van der Waals surface area contributed by atoms with Crippen LogP contribution in [0.15, 0.2) is 164 Å². The summed E-state index contributed by atoms with van der Waals surface area (Å²) in [5.41, 5.74) is 10.6. The van der Waals surface area contributed by atoms with Gasteiger partial charge in [-0.15, -0.1) is 0 Å². The summed E-state index contributed by atoms with van der Waals surface area (Å²) >= 11 is 0. The molecule has 0 aliphatic rings. The van der Waals surface area contributed by atoms with Gasteiger partial charge in [-0.1, -0.05) is 133 Å². The number of benzene rings is 8. The smallest absolute Gasteiger partial charge is 0.111 e. The summed E-state index contributed by atoms with van der Waals surface area (Å²) in [5, 5.41) is 7.51. The number of fused-ring (bicyclic) bond motifs is 4. The molecule has 0 spiro atoms. The van der Waals surface area contributed by atoms with E-state index in [4.69, 9.17) is 4.98 Å². The largest absolute Gasteiger partial charge is 0.297 e. The minimum atomic E-state index is 0.982. The molecule has 0 saturated heterocycles. The van der Waals surface area contributed by atoms with Crippen molar-refractivity contribution in [1.82, 2.24) is 9.55 Å². The summed E-state index contributed by atoms with van der Waals surface area (Å²) in [6.07, 6.45) is 0. The number of rotatable bonds is 4. The van der Waals surface area contributed by atoms with E-state index in [2.05, 4.69) is 175 Å². The van der Waals surface area contributed by atoms with Crippen LogP contribution in [-0.4, -0.2) is 9.55 Å². The Hall–Kier alpha value is -5.99. The van der Waals surface area contributed by atoms with Crippen molar-refractivity contribution >= 4 is 43.4 Å². The lowest BCUT2D eigenvalue weighted by Gasteiger charge is -2.18. The van der Waals surface area contributed by atoms with Crippen LogP contribution >= 0.6 is 0 Å². The van der Waals surface area contributed by atoms with Crippen LogP contribution in [0.3, 0.4) is 0 Å². The van der Waals surface area contributed by atoms with Crippen LogP contribution in [-0.2, 0) is 0 Å². The summed E-state index contributed by atoms with van der Waals surface area (Å²) in [5.74, 6) is 0.982. The van der Waals surface area contributed by atoms with Gasteiger partial charge in [0.2, 0.25) is 0 Å². The first-order valence-electron chi connectivity index (χ1n) is 15.8. The van der Waals surface area contributed by atoms with Gasteiger partial charge in [-0.25, -0.2) is 4.98 Å². The van der Waals surface area contributed by atoms with E-state index in [-0.39, 0.29) is 0 Å². The van der Waals surface area contributed by atoms with Gasteiger partial charge in [-0.2, -0.15) is 0 Å². The third-order valence-corrected chi connectivity index (χ3v) is 9.31. The Morgan fingerprint density at radius 1 is 0.413 bits per heavy atom. The van der Waals surface area contributed by atoms with Gasteiger partial charge in [0, 0.05) is 5.69 Å². The molecule has 9 aromatic rings. The van der Waals surface area contributed by atoms with E-state index in [9.17, 15) is 0 Å². The molecule has 2 nitrogen and oxygen atoms in total. The van der Waals surface area contributed by atoms with Crippen LogP contribution in [0, 0.1) is 6.92 Å². The third-order valence-electron chi connectivity index (χ3n) is 9.31. The maximum Gasteiger partial charge on any atom is 0.111 e. The summed E-state index contributed by atoms with van der Waals surface area (Å²) in [4.78, 5) is 5.01. The maximum atomic E-state index is 5.01. The molecule has 0 atom stereocenters. The molecule has 0 aliphatic carbocycles. The van der Waals surface area contributed by atoms with Crippen LogP contribution in [0.5, 0.6) is 0 Å². The molecule has 1 aromatic heterocycles. The van der Waals surface area contributed by atoms with Crippen molar-refractivity contribution < 1.29 is 0 Å². The van der Waals surface area contributed by atoms with Crippen molar-refractivity contribution in [3.05, 3.63) is 170 Å². The third kappa shape index (κ3) is 4.22. The van der Waals surface area contributed by atoms with E-state index in [1.165, 1.54) is 65.7 Å². The highest BCUT2D eigenvalue weighted by Crippen LogP contribution is 2.44. The van der Waals surface area contributed by atoms with Gasteiger partial charge in [0.05, 0.1) is 11.0 Å². The van der Waals surface area contributed by atoms with Gasteiger partial charge in [0.15, 0.2) is 0 Å². The Labute approximate surface area is 267 Å². The van der Waals surface area contributed by atoms with Crippen LogP contribution in [0.4, 0.5) is 0 Å². The molecule has 0 radical (unpaired) electrons. The quantitative estimate of drug-likeness (QED) is 0.188. The average Bonchev–Trinajstić information content (AvgIpc) is 3.45. The molecule has 0 fully saturated rings. The van der Waals surface area contributed by atoms with E-state index in [1.807, 2.05) is 0 Å². The van der Waals surface area contributed by atoms with Crippen LogP contribution in [0.1, 0.15) is 5.82 Å². The summed E-state index contributed by atoms with van der Waals surface area (Å²) in [7, 11) is 0. The van der Waals surface area contributed by atoms with Crippen LogP contribution in [0.2, 0.25) is 0 Å². The van der Waals surface area contributed by atoms with Gasteiger partial charge in [-0.3, -0.25) is 4.57 Å². The molecule has 0 aliphatic heterocycles. The highest BCUT2D eigenvalue weighted by molar-refractivity contribution is 6.21. The first kappa shape index (κ1) is 26.4. The zero-order chi connectivity index (χ0) is 30.6. The fourth-order valence-corrected chi connectivity index (χ4v) is 7.21. The van der Waals surface area contributed by atoms with Crippen molar-refractivity contribution in [1.29, 1.82) is 0 Å². The standard InChI is InChI=1S/C44H30N2/c1-29-45-41-28-35(25-26-42(41)46(29)36-13-3-2-4-14-36)44-39-17-9-7-15-37(39)43(38-16-8-10-18-40(38)44)32-22-19-31(20-23-32)34-24-21-30-11-5-6-12-33(30)27-34/h2-28H,1H3. The lowest BCUT2D eigenvalue weighted by atomic mass is 9.85. The first-order valence-corrected chi connectivity index (χ1v) is 15.8. The predicted octanol–water partition coefficient (Wildman–Crippen LogP) is 11.8. The zero-order valence-corrected chi connectivity index (χ0v) is 25.5. The van der Waals surface area contributed by atoms with E-state index < -0.39 is 0 Å². The number of hydrogen-bond acceptors (Lipinski definition) is 1. The molecule has 0 bridgehead atoms. The van der Waals surface area contributed by atoms with Crippen molar-refractivity contribution in [2.75, 3.05) is 0 Å². The van der Waals surface area contributed by atoms with Crippen molar-refractivity contribution in [3.63, 3.8) is 0 Å². The molecule has 0 unspecified atom stereocenters. The molecule has 8 aromatic carbocycles. The van der Waals surface area contributed by atoms with Gasteiger partial charge in [0.1, 0.15) is 5.82 Å². The van der Waals surface area contributed by atoms with E-state index in [0.717, 1.165) is 22.5 Å². The fraction of sp³-hybridized carbons (Fsp3) is 0.0227. The van der Waals surface area contributed by atoms with Crippen molar-refractivity contribution in [3.8, 4) is 39.1 Å². The lowest BCUT2D eigenvalue weighted by Crippen LogP contribution is -1.96. The normalized spacial score (nSPS) is 11.6. The minimum Gasteiger partial charge on any atom is -0.297 e. The number of aromatic nitrogens is 2. The molecule has 46 heavy (non-hydrogen) atoms. The second-order valence-electron chi connectivity index (χ2n) is 12.0. The Balaban J connectivity index is 1.21. The Kier molecular flexibility index (Phi) is 6.07.